The van der Waals surface area contributed by atoms with Gasteiger partial charge in [0.2, 0.25) is 0 Å². The maximum Gasteiger partial charge on any atom is 0.108 e. The molecule has 0 amide bonds. The number of aromatic nitrogens is 2. The molecule has 0 aromatic carbocycles. The van der Waals surface area contributed by atoms with Crippen molar-refractivity contribution in [1.82, 2.24) is 15.0 Å². The summed E-state index contributed by atoms with van der Waals surface area (Å²) < 4.78 is 7.35. The molecule has 3 N–H and O–H groups in total. The summed E-state index contributed by atoms with van der Waals surface area (Å²) in [6.07, 6.45) is 6.63. The van der Waals surface area contributed by atoms with Gasteiger partial charge in [-0.05, 0) is 19.8 Å². The molecule has 5 nitrogen and oxygen atoms in total. The van der Waals surface area contributed by atoms with Crippen LogP contribution in [0.4, 0.5) is 0 Å². The number of nitrogens with one attached hydrogen (secondary N) is 1. The van der Waals surface area contributed by atoms with Gasteiger partial charge in [-0.25, -0.2) is 4.98 Å². The van der Waals surface area contributed by atoms with Gasteiger partial charge < -0.3 is 9.30 Å². The third-order valence-electron chi connectivity index (χ3n) is 2.69. The van der Waals surface area contributed by atoms with E-state index >= 15 is 0 Å². The lowest BCUT2D eigenvalue weighted by atomic mass is 10.1. The Balaban J connectivity index is 2.26. The molecule has 0 fully saturated rings. The van der Waals surface area contributed by atoms with Gasteiger partial charge in [-0.1, -0.05) is 0 Å². The number of aryl methyl sites for hydroxylation is 2. The third-order valence-corrected chi connectivity index (χ3v) is 2.69. The highest BCUT2D eigenvalue weighted by atomic mass is 16.5. The summed E-state index contributed by atoms with van der Waals surface area (Å²) in [7, 11) is 2.01. The number of nitrogens with zero attached hydrogens (tertiary/aromatic N) is 2. The molecular weight excluding hydrogens is 204 g/mol. The zero-order valence-corrected chi connectivity index (χ0v) is 10.1. The van der Waals surface area contributed by atoms with Crippen LogP contribution in [0.25, 0.3) is 0 Å². The smallest absolute Gasteiger partial charge is 0.108 e. The molecule has 1 atom stereocenters. The van der Waals surface area contributed by atoms with Crippen LogP contribution in [0.5, 0.6) is 0 Å². The van der Waals surface area contributed by atoms with E-state index in [-0.39, 0.29) is 0 Å². The Kier molecular flexibility index (Phi) is 6.07. The molecule has 92 valence electrons. The first-order valence-corrected chi connectivity index (χ1v) is 5.78. The van der Waals surface area contributed by atoms with E-state index in [1.165, 1.54) is 0 Å². The lowest BCUT2D eigenvalue weighted by Crippen LogP contribution is -2.36. The van der Waals surface area contributed by atoms with Gasteiger partial charge in [-0.2, -0.15) is 0 Å². The van der Waals surface area contributed by atoms with Crippen molar-refractivity contribution in [2.75, 3.05) is 13.2 Å². The minimum absolute atomic E-state index is 0.295. The Morgan fingerprint density at radius 2 is 2.38 bits per heavy atom. The molecule has 1 heterocycles. The Bertz CT molecular complexity index is 287. The molecule has 0 spiro atoms. The molecule has 1 aromatic rings. The van der Waals surface area contributed by atoms with Crippen molar-refractivity contribution < 1.29 is 4.74 Å². The number of rotatable bonds is 8. The largest absolute Gasteiger partial charge is 0.382 e. The van der Waals surface area contributed by atoms with Crippen LogP contribution in [-0.2, 0) is 18.2 Å². The molecule has 1 rings (SSSR count). The fraction of sp³-hybridized carbons (Fsp3) is 0.727. The van der Waals surface area contributed by atoms with Crippen LogP contribution in [0.15, 0.2) is 12.4 Å². The van der Waals surface area contributed by atoms with Crippen molar-refractivity contribution in [3.8, 4) is 0 Å². The predicted molar refractivity (Wildman–Crippen MR) is 63.8 cm³/mol. The van der Waals surface area contributed by atoms with Gasteiger partial charge in [0.1, 0.15) is 5.82 Å². The molecule has 0 aliphatic heterocycles. The molecule has 0 aliphatic rings. The summed E-state index contributed by atoms with van der Waals surface area (Å²) in [6, 6.07) is 0.295. The topological polar surface area (TPSA) is 65.1 Å². The molecule has 0 saturated heterocycles. The monoisotopic (exact) mass is 226 g/mol. The van der Waals surface area contributed by atoms with Crippen molar-refractivity contribution in [3.63, 3.8) is 0 Å². The van der Waals surface area contributed by atoms with Gasteiger partial charge in [0.15, 0.2) is 0 Å². The van der Waals surface area contributed by atoms with Crippen molar-refractivity contribution in [2.24, 2.45) is 12.9 Å². The van der Waals surface area contributed by atoms with Crippen LogP contribution in [0, 0.1) is 0 Å². The van der Waals surface area contributed by atoms with Crippen LogP contribution < -0.4 is 11.3 Å². The Hall–Kier alpha value is -0.910. The van der Waals surface area contributed by atoms with Crippen LogP contribution in [0.1, 0.15) is 25.6 Å². The Morgan fingerprint density at radius 3 is 2.94 bits per heavy atom. The van der Waals surface area contributed by atoms with Crippen molar-refractivity contribution in [1.29, 1.82) is 0 Å². The average molecular weight is 226 g/mol. The first-order valence-electron chi connectivity index (χ1n) is 5.78. The SMILES string of the molecule is CCOCCC(CCc1nccn1C)NN. The molecular formula is C11H22N4O. The zero-order chi connectivity index (χ0) is 11.8. The Labute approximate surface area is 97.0 Å². The molecule has 0 saturated carbocycles. The number of hydrazine groups is 1. The summed E-state index contributed by atoms with van der Waals surface area (Å²) in [6.45, 7) is 3.52. The second-order valence-corrected chi connectivity index (χ2v) is 3.84. The zero-order valence-electron chi connectivity index (χ0n) is 10.1. The molecule has 0 aliphatic carbocycles. The van der Waals surface area contributed by atoms with Crippen molar-refractivity contribution >= 4 is 0 Å². The van der Waals surface area contributed by atoms with Crippen LogP contribution in [0.3, 0.4) is 0 Å². The minimum Gasteiger partial charge on any atom is -0.382 e. The second-order valence-electron chi connectivity index (χ2n) is 3.84. The standard InChI is InChI=1S/C11H22N4O/c1-3-16-9-6-10(14-12)4-5-11-13-7-8-15(11)2/h7-8,10,14H,3-6,9,12H2,1-2H3. The average Bonchev–Trinajstić information content (AvgIpc) is 2.69. The van der Waals surface area contributed by atoms with Gasteiger partial charge in [-0.3, -0.25) is 11.3 Å². The maximum atomic E-state index is 5.50. The second kappa shape index (κ2) is 7.38. The first kappa shape index (κ1) is 13.2. The van der Waals surface area contributed by atoms with Gasteiger partial charge in [0.25, 0.3) is 0 Å². The summed E-state index contributed by atoms with van der Waals surface area (Å²) >= 11 is 0. The normalized spacial score (nSPS) is 12.9. The lowest BCUT2D eigenvalue weighted by Gasteiger charge is -2.15. The van der Waals surface area contributed by atoms with Crippen LogP contribution in [-0.4, -0.2) is 28.8 Å². The fourth-order valence-corrected chi connectivity index (χ4v) is 1.62. The number of hydrogen-bond acceptors (Lipinski definition) is 4. The summed E-state index contributed by atoms with van der Waals surface area (Å²) in [5.74, 6) is 6.59. The molecule has 5 heteroatoms. The predicted octanol–water partition coefficient (Wildman–Crippen LogP) is 0.611. The van der Waals surface area contributed by atoms with Gasteiger partial charge in [-0.15, -0.1) is 0 Å². The summed E-state index contributed by atoms with van der Waals surface area (Å²) in [5, 5.41) is 0. The highest BCUT2D eigenvalue weighted by Crippen LogP contribution is 2.04. The summed E-state index contributed by atoms with van der Waals surface area (Å²) in [4.78, 5) is 4.28. The number of imidazole rings is 1. The number of nitrogens with two attached hydrogens (primary N) is 1. The van der Waals surface area contributed by atoms with Crippen molar-refractivity contribution in [3.05, 3.63) is 18.2 Å². The third kappa shape index (κ3) is 4.30. The highest BCUT2D eigenvalue weighted by Gasteiger charge is 2.08. The molecule has 1 unspecified atom stereocenters. The van der Waals surface area contributed by atoms with E-state index in [0.29, 0.717) is 6.04 Å². The van der Waals surface area contributed by atoms with Crippen LogP contribution in [0.2, 0.25) is 0 Å². The van der Waals surface area contributed by atoms with E-state index in [4.69, 9.17) is 10.6 Å². The van der Waals surface area contributed by atoms with E-state index in [1.807, 2.05) is 30.9 Å². The van der Waals surface area contributed by atoms with E-state index < -0.39 is 0 Å². The molecule has 0 bridgehead atoms. The lowest BCUT2D eigenvalue weighted by molar-refractivity contribution is 0.135. The van der Waals surface area contributed by atoms with E-state index in [0.717, 1.165) is 38.3 Å². The first-order chi connectivity index (χ1) is 7.77. The summed E-state index contributed by atoms with van der Waals surface area (Å²) in [5.41, 5.74) is 2.83. The maximum absolute atomic E-state index is 5.50. The number of hydrogen-bond donors (Lipinski definition) is 2. The quantitative estimate of drug-likeness (QED) is 0.387. The highest BCUT2D eigenvalue weighted by molar-refractivity contribution is 4.91. The van der Waals surface area contributed by atoms with E-state index in [9.17, 15) is 0 Å². The molecule has 1 aromatic heterocycles. The molecule has 16 heavy (non-hydrogen) atoms. The van der Waals surface area contributed by atoms with Gasteiger partial charge in [0, 0.05) is 45.1 Å². The van der Waals surface area contributed by atoms with Gasteiger partial charge in [0.05, 0.1) is 0 Å². The fourth-order valence-electron chi connectivity index (χ4n) is 1.62. The van der Waals surface area contributed by atoms with E-state index in [2.05, 4.69) is 10.4 Å². The number of ether oxygens (including phenoxy) is 1. The van der Waals surface area contributed by atoms with Crippen LogP contribution >= 0.6 is 0 Å². The van der Waals surface area contributed by atoms with Gasteiger partial charge >= 0.3 is 0 Å². The van der Waals surface area contributed by atoms with Crippen molar-refractivity contribution in [2.45, 2.75) is 32.2 Å². The van der Waals surface area contributed by atoms with E-state index in [1.54, 1.807) is 0 Å². The Morgan fingerprint density at radius 1 is 1.56 bits per heavy atom. The molecule has 0 radical (unpaired) electrons. The minimum atomic E-state index is 0.295.